The molecule has 1 amide bonds. The third-order valence-corrected chi connectivity index (χ3v) is 6.38. The van der Waals surface area contributed by atoms with Crippen LogP contribution < -0.4 is 5.32 Å². The standard InChI is InChI=1S/C21H33NO7/c1-12(2)7-8-15-20(4,29-15)17-16(25-5)14(9-10-21(17)11-27-21)28-19(24)22-13(3)18(23)26-6/h7,13-17H,8-11H2,1-6H3,(H,22,24)/t13?,14-,15-,16-,17-,20+,21+/m1/s1. The first-order valence-electron chi connectivity index (χ1n) is 10.2. The van der Waals surface area contributed by atoms with E-state index in [1.807, 2.05) is 0 Å². The van der Waals surface area contributed by atoms with Gasteiger partial charge in [-0.3, -0.25) is 0 Å². The fourth-order valence-electron chi connectivity index (χ4n) is 4.65. The molecule has 8 heteroatoms. The van der Waals surface area contributed by atoms with E-state index in [9.17, 15) is 9.59 Å². The summed E-state index contributed by atoms with van der Waals surface area (Å²) in [7, 11) is 2.90. The molecule has 3 aliphatic rings. The Labute approximate surface area is 172 Å². The molecule has 2 aliphatic heterocycles. The Hall–Kier alpha value is -1.64. The predicted octanol–water partition coefficient (Wildman–Crippen LogP) is 2.35. The van der Waals surface area contributed by atoms with Gasteiger partial charge in [0.1, 0.15) is 29.5 Å². The second kappa shape index (κ2) is 8.24. The summed E-state index contributed by atoms with van der Waals surface area (Å²) >= 11 is 0. The average molecular weight is 411 g/mol. The first-order valence-corrected chi connectivity index (χ1v) is 10.2. The lowest BCUT2D eigenvalue weighted by Gasteiger charge is -2.42. The van der Waals surface area contributed by atoms with Crippen LogP contribution in [0.5, 0.6) is 0 Å². The summed E-state index contributed by atoms with van der Waals surface area (Å²) < 4.78 is 28.2. The first kappa shape index (κ1) is 22.1. The summed E-state index contributed by atoms with van der Waals surface area (Å²) in [6, 6.07) is -0.788. The number of ether oxygens (including phenoxy) is 5. The van der Waals surface area contributed by atoms with Crippen LogP contribution in [-0.4, -0.2) is 68.4 Å². The summed E-state index contributed by atoms with van der Waals surface area (Å²) in [5, 5.41) is 2.51. The van der Waals surface area contributed by atoms with Crippen molar-refractivity contribution in [3.05, 3.63) is 11.6 Å². The van der Waals surface area contributed by atoms with Crippen LogP contribution in [-0.2, 0) is 28.5 Å². The molecular weight excluding hydrogens is 378 g/mol. The maximum absolute atomic E-state index is 12.3. The number of epoxide rings is 2. The van der Waals surface area contributed by atoms with Gasteiger partial charge in [0.25, 0.3) is 0 Å². The van der Waals surface area contributed by atoms with Gasteiger partial charge in [-0.15, -0.1) is 0 Å². The zero-order chi connectivity index (χ0) is 21.4. The molecule has 1 N–H and O–H groups in total. The quantitative estimate of drug-likeness (QED) is 0.390. The molecule has 1 unspecified atom stereocenters. The van der Waals surface area contributed by atoms with Crippen LogP contribution in [0, 0.1) is 5.92 Å². The summed E-state index contributed by atoms with van der Waals surface area (Å²) in [5.74, 6) is -0.571. The second-order valence-electron chi connectivity index (χ2n) is 8.71. The Morgan fingerprint density at radius 2 is 2.00 bits per heavy atom. The molecule has 3 fully saturated rings. The summed E-state index contributed by atoms with van der Waals surface area (Å²) in [6.45, 7) is 8.45. The van der Waals surface area contributed by atoms with Crippen molar-refractivity contribution in [2.75, 3.05) is 20.8 Å². The first-order chi connectivity index (χ1) is 13.7. The number of alkyl carbamates (subject to hydrolysis) is 1. The van der Waals surface area contributed by atoms with Gasteiger partial charge in [0.15, 0.2) is 0 Å². The van der Waals surface area contributed by atoms with Crippen LogP contribution in [0.4, 0.5) is 4.79 Å². The normalized spacial score (nSPS) is 38.7. The van der Waals surface area contributed by atoms with Crippen LogP contribution in [0.1, 0.15) is 47.0 Å². The van der Waals surface area contributed by atoms with Gasteiger partial charge in [-0.05, 0) is 47.0 Å². The number of carbonyl (C=O) groups is 2. The third kappa shape index (κ3) is 4.44. The van der Waals surface area contributed by atoms with Gasteiger partial charge in [-0.2, -0.15) is 0 Å². The van der Waals surface area contributed by atoms with Gasteiger partial charge in [-0.25, -0.2) is 9.59 Å². The lowest BCUT2D eigenvalue weighted by molar-refractivity contribution is -0.143. The minimum Gasteiger partial charge on any atom is -0.467 e. The number of hydrogen-bond donors (Lipinski definition) is 1. The molecule has 0 bridgehead atoms. The van der Waals surface area contributed by atoms with E-state index in [2.05, 4.69) is 36.9 Å². The summed E-state index contributed by atoms with van der Waals surface area (Å²) in [4.78, 5) is 23.9. The van der Waals surface area contributed by atoms with Crippen LogP contribution >= 0.6 is 0 Å². The van der Waals surface area contributed by atoms with Gasteiger partial charge in [0, 0.05) is 7.11 Å². The highest BCUT2D eigenvalue weighted by molar-refractivity contribution is 5.80. The Morgan fingerprint density at radius 1 is 1.31 bits per heavy atom. The molecule has 29 heavy (non-hydrogen) atoms. The van der Waals surface area contributed by atoms with Crippen LogP contribution in [0.15, 0.2) is 11.6 Å². The second-order valence-corrected chi connectivity index (χ2v) is 8.71. The maximum atomic E-state index is 12.3. The highest BCUT2D eigenvalue weighted by Gasteiger charge is 2.72. The van der Waals surface area contributed by atoms with Crippen molar-refractivity contribution >= 4 is 12.1 Å². The van der Waals surface area contributed by atoms with Crippen molar-refractivity contribution in [3.63, 3.8) is 0 Å². The Bertz CT molecular complexity index is 670. The molecule has 0 aromatic heterocycles. The fraction of sp³-hybridized carbons (Fsp3) is 0.810. The van der Waals surface area contributed by atoms with E-state index in [0.29, 0.717) is 13.0 Å². The number of methoxy groups -OCH3 is 2. The van der Waals surface area contributed by atoms with E-state index in [0.717, 1.165) is 12.8 Å². The van der Waals surface area contributed by atoms with Crippen molar-refractivity contribution in [1.82, 2.24) is 5.32 Å². The summed E-state index contributed by atoms with van der Waals surface area (Å²) in [5.41, 5.74) is 0.593. The number of hydrogen-bond acceptors (Lipinski definition) is 7. The van der Waals surface area contributed by atoms with E-state index in [-0.39, 0.29) is 29.3 Å². The SMILES string of the molecule is COC(=O)C(C)NC(=O)O[C@@H]1CC[C@]2(CO2)[C@@H]([C@@]2(C)O[C@@H]2CC=C(C)C)[C@@H]1OC. The topological polar surface area (TPSA) is 98.9 Å². The van der Waals surface area contributed by atoms with Crippen molar-refractivity contribution < 1.29 is 33.3 Å². The lowest BCUT2D eigenvalue weighted by Crippen LogP contribution is -2.56. The molecule has 2 saturated heterocycles. The number of rotatable bonds is 7. The van der Waals surface area contributed by atoms with Crippen molar-refractivity contribution in [2.24, 2.45) is 5.92 Å². The Balaban J connectivity index is 1.69. The number of esters is 1. The zero-order valence-electron chi connectivity index (χ0n) is 18.2. The van der Waals surface area contributed by atoms with E-state index in [4.69, 9.17) is 18.9 Å². The number of amides is 1. The lowest BCUT2D eigenvalue weighted by atomic mass is 9.68. The number of nitrogens with one attached hydrogen (secondary N) is 1. The number of allylic oxidation sites excluding steroid dienone is 1. The van der Waals surface area contributed by atoms with E-state index in [1.165, 1.54) is 12.7 Å². The van der Waals surface area contributed by atoms with Gasteiger partial charge in [-0.1, -0.05) is 11.6 Å². The third-order valence-electron chi connectivity index (χ3n) is 6.38. The molecule has 0 radical (unpaired) electrons. The largest absolute Gasteiger partial charge is 0.467 e. The highest BCUT2D eigenvalue weighted by atomic mass is 16.6. The molecule has 0 aromatic rings. The molecule has 7 atom stereocenters. The Kier molecular flexibility index (Phi) is 6.27. The minimum absolute atomic E-state index is 0.0415. The monoisotopic (exact) mass is 411 g/mol. The maximum Gasteiger partial charge on any atom is 0.408 e. The molecule has 1 spiro atoms. The zero-order valence-corrected chi connectivity index (χ0v) is 18.2. The van der Waals surface area contributed by atoms with Crippen molar-refractivity contribution in [1.29, 1.82) is 0 Å². The van der Waals surface area contributed by atoms with Crippen molar-refractivity contribution in [2.45, 2.75) is 82.5 Å². The van der Waals surface area contributed by atoms with Gasteiger partial charge in [0.2, 0.25) is 0 Å². The molecule has 1 aliphatic carbocycles. The van der Waals surface area contributed by atoms with E-state index in [1.54, 1.807) is 14.0 Å². The molecule has 2 heterocycles. The Morgan fingerprint density at radius 3 is 2.55 bits per heavy atom. The minimum atomic E-state index is -0.788. The van der Waals surface area contributed by atoms with Gasteiger partial charge >= 0.3 is 12.1 Å². The molecule has 164 valence electrons. The molecule has 0 aromatic carbocycles. The number of carbonyl (C=O) groups excluding carboxylic acids is 2. The smallest absolute Gasteiger partial charge is 0.408 e. The fourth-order valence-corrected chi connectivity index (χ4v) is 4.65. The average Bonchev–Trinajstić information content (AvgIpc) is 3.58. The van der Waals surface area contributed by atoms with Gasteiger partial charge < -0.3 is 29.0 Å². The highest BCUT2D eigenvalue weighted by Crippen LogP contribution is 2.59. The van der Waals surface area contributed by atoms with Crippen LogP contribution in [0.2, 0.25) is 0 Å². The van der Waals surface area contributed by atoms with Crippen LogP contribution in [0.3, 0.4) is 0 Å². The van der Waals surface area contributed by atoms with E-state index >= 15 is 0 Å². The predicted molar refractivity (Wildman–Crippen MR) is 104 cm³/mol. The van der Waals surface area contributed by atoms with Crippen molar-refractivity contribution in [3.8, 4) is 0 Å². The van der Waals surface area contributed by atoms with Crippen LogP contribution in [0.25, 0.3) is 0 Å². The summed E-state index contributed by atoms with van der Waals surface area (Å²) in [6.07, 6.45) is 3.04. The molecule has 3 rings (SSSR count). The molecular formula is C21H33NO7. The van der Waals surface area contributed by atoms with Gasteiger partial charge in [0.05, 0.1) is 25.7 Å². The molecule has 1 saturated carbocycles. The van der Waals surface area contributed by atoms with E-state index < -0.39 is 24.2 Å². The molecule has 8 nitrogen and oxygen atoms in total.